The van der Waals surface area contributed by atoms with Crippen LogP contribution in [0.5, 0.6) is 0 Å². The molecular formula is C9H14N4O. The van der Waals surface area contributed by atoms with E-state index >= 15 is 0 Å². The van der Waals surface area contributed by atoms with Crippen LogP contribution in [0, 0.1) is 6.92 Å². The van der Waals surface area contributed by atoms with Crippen LogP contribution in [0.1, 0.15) is 5.82 Å². The molecule has 1 aliphatic rings. The lowest BCUT2D eigenvalue weighted by molar-refractivity contribution is 0.583. The number of nitrogens with one attached hydrogen (secondary N) is 2. The summed E-state index contributed by atoms with van der Waals surface area (Å²) in [5, 5.41) is 3.26. The van der Waals surface area contributed by atoms with Gasteiger partial charge in [0, 0.05) is 32.2 Å². The van der Waals surface area contributed by atoms with Crippen molar-refractivity contribution in [3.63, 3.8) is 0 Å². The molecule has 0 unspecified atom stereocenters. The molecule has 0 aliphatic carbocycles. The van der Waals surface area contributed by atoms with E-state index in [1.165, 1.54) is 0 Å². The number of aryl methyl sites for hydroxylation is 1. The molecule has 76 valence electrons. The maximum absolute atomic E-state index is 11.2. The Kier molecular flexibility index (Phi) is 2.49. The van der Waals surface area contributed by atoms with Crippen LogP contribution >= 0.6 is 0 Å². The Balaban J connectivity index is 2.26. The summed E-state index contributed by atoms with van der Waals surface area (Å²) in [5.41, 5.74) is -0.0777. The fourth-order valence-corrected chi connectivity index (χ4v) is 1.62. The molecule has 1 aromatic heterocycles. The average Bonchev–Trinajstić information content (AvgIpc) is 2.18. The molecule has 2 N–H and O–H groups in total. The molecule has 1 aromatic rings. The van der Waals surface area contributed by atoms with Gasteiger partial charge in [0.1, 0.15) is 11.6 Å². The highest BCUT2D eigenvalue weighted by Crippen LogP contribution is 2.07. The Morgan fingerprint density at radius 1 is 1.43 bits per heavy atom. The summed E-state index contributed by atoms with van der Waals surface area (Å²) in [4.78, 5) is 20.3. The van der Waals surface area contributed by atoms with Crippen molar-refractivity contribution in [1.29, 1.82) is 0 Å². The molecule has 1 fully saturated rings. The third kappa shape index (κ3) is 1.93. The summed E-state index contributed by atoms with van der Waals surface area (Å²) in [7, 11) is 0. The first-order valence-corrected chi connectivity index (χ1v) is 4.79. The molecule has 0 aromatic carbocycles. The predicted octanol–water partition coefficient (Wildman–Crippen LogP) is -0.512. The minimum Gasteiger partial charge on any atom is -0.354 e. The Labute approximate surface area is 82.2 Å². The van der Waals surface area contributed by atoms with Crippen molar-refractivity contribution in [1.82, 2.24) is 15.3 Å². The second-order valence-electron chi connectivity index (χ2n) is 3.43. The highest BCUT2D eigenvalue weighted by atomic mass is 16.1. The number of aromatic nitrogens is 2. The zero-order chi connectivity index (χ0) is 9.97. The molecule has 0 atom stereocenters. The predicted molar refractivity (Wildman–Crippen MR) is 54.7 cm³/mol. The highest BCUT2D eigenvalue weighted by molar-refractivity contribution is 5.37. The Hall–Kier alpha value is -1.36. The zero-order valence-electron chi connectivity index (χ0n) is 8.21. The normalized spacial score (nSPS) is 17.1. The van der Waals surface area contributed by atoms with E-state index in [9.17, 15) is 4.79 Å². The zero-order valence-corrected chi connectivity index (χ0v) is 8.21. The number of hydrogen-bond acceptors (Lipinski definition) is 4. The second kappa shape index (κ2) is 3.79. The first kappa shape index (κ1) is 9.21. The fourth-order valence-electron chi connectivity index (χ4n) is 1.62. The van der Waals surface area contributed by atoms with E-state index < -0.39 is 0 Å². The Morgan fingerprint density at radius 3 is 2.79 bits per heavy atom. The van der Waals surface area contributed by atoms with Crippen molar-refractivity contribution in [3.05, 3.63) is 22.2 Å². The van der Waals surface area contributed by atoms with E-state index in [-0.39, 0.29) is 5.56 Å². The molecule has 2 rings (SSSR count). The first-order chi connectivity index (χ1) is 6.75. The fraction of sp³-hybridized carbons (Fsp3) is 0.556. The first-order valence-electron chi connectivity index (χ1n) is 4.79. The lowest BCUT2D eigenvalue weighted by atomic mass is 10.3. The lowest BCUT2D eigenvalue weighted by Gasteiger charge is -2.28. The van der Waals surface area contributed by atoms with E-state index in [4.69, 9.17) is 0 Å². The maximum Gasteiger partial charge on any atom is 0.252 e. The van der Waals surface area contributed by atoms with Crippen molar-refractivity contribution in [2.45, 2.75) is 6.92 Å². The van der Waals surface area contributed by atoms with Gasteiger partial charge in [-0.25, -0.2) is 4.98 Å². The van der Waals surface area contributed by atoms with Crippen LogP contribution in [0.15, 0.2) is 10.9 Å². The number of piperazine rings is 1. The molecule has 2 heterocycles. The molecule has 1 aliphatic heterocycles. The number of rotatable bonds is 1. The minimum absolute atomic E-state index is 0.0777. The molecule has 5 nitrogen and oxygen atoms in total. The van der Waals surface area contributed by atoms with Gasteiger partial charge >= 0.3 is 0 Å². The molecule has 14 heavy (non-hydrogen) atoms. The van der Waals surface area contributed by atoms with Gasteiger partial charge in [0.2, 0.25) is 0 Å². The van der Waals surface area contributed by atoms with Gasteiger partial charge < -0.3 is 15.2 Å². The van der Waals surface area contributed by atoms with E-state index in [2.05, 4.69) is 20.2 Å². The number of anilines is 1. The summed E-state index contributed by atoms with van der Waals surface area (Å²) in [6, 6.07) is 1.55. The summed E-state index contributed by atoms with van der Waals surface area (Å²) in [6.07, 6.45) is 0. The largest absolute Gasteiger partial charge is 0.354 e. The summed E-state index contributed by atoms with van der Waals surface area (Å²) >= 11 is 0. The molecule has 0 amide bonds. The van der Waals surface area contributed by atoms with Crippen molar-refractivity contribution >= 4 is 5.82 Å². The van der Waals surface area contributed by atoms with Crippen LogP contribution in [0.4, 0.5) is 5.82 Å². The number of nitrogens with zero attached hydrogens (tertiary/aromatic N) is 2. The second-order valence-corrected chi connectivity index (χ2v) is 3.43. The Bertz CT molecular complexity index is 367. The third-order valence-corrected chi connectivity index (χ3v) is 2.29. The van der Waals surface area contributed by atoms with Gasteiger partial charge in [-0.15, -0.1) is 0 Å². The SMILES string of the molecule is Cc1nc(N2CCNCC2)cc(=O)[nH]1. The number of H-pyrrole nitrogens is 1. The van der Waals surface area contributed by atoms with Crippen LogP contribution in [-0.2, 0) is 0 Å². The van der Waals surface area contributed by atoms with Crippen molar-refractivity contribution in [2.24, 2.45) is 0 Å². The summed E-state index contributed by atoms with van der Waals surface area (Å²) in [6.45, 7) is 5.53. The van der Waals surface area contributed by atoms with Gasteiger partial charge in [-0.1, -0.05) is 0 Å². The van der Waals surface area contributed by atoms with Gasteiger partial charge in [0.05, 0.1) is 0 Å². The van der Waals surface area contributed by atoms with Crippen LogP contribution in [0.25, 0.3) is 0 Å². The maximum atomic E-state index is 11.2. The van der Waals surface area contributed by atoms with Crippen LogP contribution in [0.3, 0.4) is 0 Å². The van der Waals surface area contributed by atoms with E-state index in [1.807, 2.05) is 0 Å². The van der Waals surface area contributed by atoms with Gasteiger partial charge in [-0.3, -0.25) is 4.79 Å². The summed E-state index contributed by atoms with van der Waals surface area (Å²) < 4.78 is 0. The van der Waals surface area contributed by atoms with E-state index in [0.29, 0.717) is 5.82 Å². The minimum atomic E-state index is -0.0777. The van der Waals surface area contributed by atoms with Gasteiger partial charge in [0.25, 0.3) is 5.56 Å². The summed E-state index contributed by atoms with van der Waals surface area (Å²) in [5.74, 6) is 1.46. The van der Waals surface area contributed by atoms with Crippen LogP contribution in [-0.4, -0.2) is 36.1 Å². The molecule has 0 spiro atoms. The van der Waals surface area contributed by atoms with Crippen molar-refractivity contribution < 1.29 is 0 Å². The monoisotopic (exact) mass is 194 g/mol. The average molecular weight is 194 g/mol. The molecule has 0 saturated carbocycles. The smallest absolute Gasteiger partial charge is 0.252 e. The number of hydrogen-bond donors (Lipinski definition) is 2. The molecule has 0 radical (unpaired) electrons. The lowest BCUT2D eigenvalue weighted by Crippen LogP contribution is -2.44. The standard InChI is InChI=1S/C9H14N4O/c1-7-11-8(6-9(14)12-7)13-4-2-10-3-5-13/h6,10H,2-5H2,1H3,(H,11,12,14). The van der Waals surface area contributed by atoms with Gasteiger partial charge in [0.15, 0.2) is 0 Å². The third-order valence-electron chi connectivity index (χ3n) is 2.29. The van der Waals surface area contributed by atoms with Crippen molar-refractivity contribution in [2.75, 3.05) is 31.1 Å². The highest BCUT2D eigenvalue weighted by Gasteiger charge is 2.11. The molecule has 1 saturated heterocycles. The Morgan fingerprint density at radius 2 is 2.14 bits per heavy atom. The van der Waals surface area contributed by atoms with Crippen molar-refractivity contribution in [3.8, 4) is 0 Å². The molecule has 0 bridgehead atoms. The quantitative estimate of drug-likeness (QED) is 0.632. The molecular weight excluding hydrogens is 180 g/mol. The molecule has 5 heteroatoms. The van der Waals surface area contributed by atoms with Crippen LogP contribution < -0.4 is 15.8 Å². The topological polar surface area (TPSA) is 61.0 Å². The van der Waals surface area contributed by atoms with Crippen LogP contribution in [0.2, 0.25) is 0 Å². The van der Waals surface area contributed by atoms with Gasteiger partial charge in [-0.2, -0.15) is 0 Å². The van der Waals surface area contributed by atoms with Gasteiger partial charge in [-0.05, 0) is 6.92 Å². The van der Waals surface area contributed by atoms with E-state index in [1.54, 1.807) is 13.0 Å². The number of aromatic amines is 1. The van der Waals surface area contributed by atoms with E-state index in [0.717, 1.165) is 32.0 Å².